The molecule has 7 heteroatoms. The van der Waals surface area contributed by atoms with Crippen molar-refractivity contribution >= 4 is 38.8 Å². The Morgan fingerprint density at radius 2 is 1.67 bits per heavy atom. The maximum atomic E-state index is 12.1. The molecule has 0 unspecified atom stereocenters. The van der Waals surface area contributed by atoms with Crippen LogP contribution in [0.3, 0.4) is 0 Å². The van der Waals surface area contributed by atoms with Crippen LogP contribution in [0.25, 0.3) is 6.08 Å². The van der Waals surface area contributed by atoms with Gasteiger partial charge in [-0.15, -0.1) is 0 Å². The number of rotatable bonds is 5. The molecule has 0 heterocycles. The first-order valence-corrected chi connectivity index (χ1v) is 9.47. The van der Waals surface area contributed by atoms with E-state index in [1.165, 1.54) is 11.0 Å². The quantitative estimate of drug-likeness (QED) is 0.820. The normalized spacial score (nSPS) is 11.4. The van der Waals surface area contributed by atoms with Crippen molar-refractivity contribution in [3.8, 4) is 0 Å². The second-order valence-electron chi connectivity index (χ2n) is 5.15. The van der Waals surface area contributed by atoms with Crippen molar-refractivity contribution in [2.75, 3.05) is 18.8 Å². The summed E-state index contributed by atoms with van der Waals surface area (Å²) in [5, 5.41) is 1.04. The topological polar surface area (TPSA) is 66.5 Å². The third kappa shape index (κ3) is 5.75. The fraction of sp³-hybridized carbons (Fsp3) is 0.118. The summed E-state index contributed by atoms with van der Waals surface area (Å²) in [5.41, 5.74) is 1.24. The van der Waals surface area contributed by atoms with Crippen molar-refractivity contribution in [1.82, 2.24) is 4.90 Å². The SMILES string of the molecule is CN(C)C(=O)Sc1ccc(NS(=O)(=O)C=Cc2ccccc2)cc1. The number of nitrogens with one attached hydrogen (secondary N) is 1. The highest BCUT2D eigenvalue weighted by atomic mass is 32.2. The highest BCUT2D eigenvalue weighted by Gasteiger charge is 2.08. The van der Waals surface area contributed by atoms with E-state index >= 15 is 0 Å². The number of nitrogens with zero attached hydrogens (tertiary/aromatic N) is 1. The van der Waals surface area contributed by atoms with E-state index < -0.39 is 10.0 Å². The molecule has 0 radical (unpaired) electrons. The number of amides is 1. The zero-order valence-electron chi connectivity index (χ0n) is 13.3. The van der Waals surface area contributed by atoms with Crippen LogP contribution in [0.4, 0.5) is 10.5 Å². The van der Waals surface area contributed by atoms with E-state index in [2.05, 4.69) is 4.72 Å². The van der Waals surface area contributed by atoms with Crippen LogP contribution in [0.5, 0.6) is 0 Å². The van der Waals surface area contributed by atoms with Gasteiger partial charge in [0, 0.05) is 24.7 Å². The minimum atomic E-state index is -3.59. The molecule has 0 saturated carbocycles. The van der Waals surface area contributed by atoms with Crippen molar-refractivity contribution in [1.29, 1.82) is 0 Å². The molecule has 1 amide bonds. The van der Waals surface area contributed by atoms with Gasteiger partial charge in [0.15, 0.2) is 0 Å². The first-order chi connectivity index (χ1) is 11.4. The average molecular weight is 362 g/mol. The average Bonchev–Trinajstić information content (AvgIpc) is 2.55. The number of thioether (sulfide) groups is 1. The summed E-state index contributed by atoms with van der Waals surface area (Å²) in [6, 6.07) is 15.8. The molecule has 0 aliphatic heterocycles. The molecule has 0 aliphatic rings. The standard InChI is InChI=1S/C17H18N2O3S2/c1-19(2)17(20)23-16-10-8-15(9-11-16)18-24(21,22)13-12-14-6-4-3-5-7-14/h3-13,18H,1-2H3. The van der Waals surface area contributed by atoms with E-state index in [1.54, 1.807) is 38.4 Å². The van der Waals surface area contributed by atoms with Gasteiger partial charge in [-0.05, 0) is 47.7 Å². The zero-order chi connectivity index (χ0) is 17.6. The van der Waals surface area contributed by atoms with Gasteiger partial charge in [0.2, 0.25) is 0 Å². The van der Waals surface area contributed by atoms with E-state index in [9.17, 15) is 13.2 Å². The maximum Gasteiger partial charge on any atom is 0.285 e. The van der Waals surface area contributed by atoms with Gasteiger partial charge in [0.1, 0.15) is 0 Å². The summed E-state index contributed by atoms with van der Waals surface area (Å²) in [4.78, 5) is 13.8. The predicted molar refractivity (Wildman–Crippen MR) is 99.4 cm³/mol. The van der Waals surface area contributed by atoms with E-state index in [-0.39, 0.29) is 5.24 Å². The molecule has 0 fully saturated rings. The van der Waals surface area contributed by atoms with Crippen molar-refractivity contribution in [3.63, 3.8) is 0 Å². The molecule has 0 aliphatic carbocycles. The van der Waals surface area contributed by atoms with Crippen LogP contribution in [0.1, 0.15) is 5.56 Å². The zero-order valence-corrected chi connectivity index (χ0v) is 15.0. The Hall–Kier alpha value is -2.25. The van der Waals surface area contributed by atoms with Crippen LogP contribution >= 0.6 is 11.8 Å². The first kappa shape index (κ1) is 18.1. The Morgan fingerprint density at radius 3 is 2.25 bits per heavy atom. The summed E-state index contributed by atoms with van der Waals surface area (Å²) in [5.74, 6) is 0. The summed E-state index contributed by atoms with van der Waals surface area (Å²) in [6.07, 6.45) is 1.53. The lowest BCUT2D eigenvalue weighted by Gasteiger charge is -2.09. The van der Waals surface area contributed by atoms with E-state index in [4.69, 9.17) is 0 Å². The van der Waals surface area contributed by atoms with Gasteiger partial charge >= 0.3 is 0 Å². The predicted octanol–water partition coefficient (Wildman–Crippen LogP) is 3.87. The third-order valence-electron chi connectivity index (χ3n) is 2.92. The van der Waals surface area contributed by atoms with E-state index in [1.807, 2.05) is 30.3 Å². The molecular weight excluding hydrogens is 344 g/mol. The van der Waals surface area contributed by atoms with Crippen molar-refractivity contribution in [2.24, 2.45) is 0 Å². The third-order valence-corrected chi connectivity index (χ3v) is 4.99. The molecule has 0 spiro atoms. The second-order valence-corrected chi connectivity index (χ2v) is 7.74. The molecular formula is C17H18N2O3S2. The van der Waals surface area contributed by atoms with Crippen LogP contribution in [0.2, 0.25) is 0 Å². The largest absolute Gasteiger partial charge is 0.339 e. The highest BCUT2D eigenvalue weighted by Crippen LogP contribution is 2.23. The molecule has 0 aromatic heterocycles. The molecule has 126 valence electrons. The number of sulfonamides is 1. The number of hydrogen-bond donors (Lipinski definition) is 1. The monoisotopic (exact) mass is 362 g/mol. The summed E-state index contributed by atoms with van der Waals surface area (Å²) in [7, 11) is -0.240. The lowest BCUT2D eigenvalue weighted by Crippen LogP contribution is -2.16. The molecule has 1 N–H and O–H groups in total. The highest BCUT2D eigenvalue weighted by molar-refractivity contribution is 8.13. The van der Waals surface area contributed by atoms with Crippen molar-refractivity contribution in [2.45, 2.75) is 4.90 Å². The van der Waals surface area contributed by atoms with Gasteiger partial charge in [-0.25, -0.2) is 8.42 Å². The lowest BCUT2D eigenvalue weighted by atomic mass is 10.2. The number of anilines is 1. The molecule has 2 rings (SSSR count). The molecule has 24 heavy (non-hydrogen) atoms. The minimum absolute atomic E-state index is 0.0888. The van der Waals surface area contributed by atoms with Crippen LogP contribution < -0.4 is 4.72 Å². The molecule has 0 atom stereocenters. The minimum Gasteiger partial charge on any atom is -0.339 e. The van der Waals surface area contributed by atoms with Crippen LogP contribution in [0, 0.1) is 0 Å². The maximum absolute atomic E-state index is 12.1. The smallest absolute Gasteiger partial charge is 0.285 e. The van der Waals surface area contributed by atoms with Crippen molar-refractivity contribution in [3.05, 3.63) is 65.6 Å². The first-order valence-electron chi connectivity index (χ1n) is 7.11. The fourth-order valence-electron chi connectivity index (χ4n) is 1.71. The van der Waals surface area contributed by atoms with Crippen LogP contribution in [-0.4, -0.2) is 32.7 Å². The lowest BCUT2D eigenvalue weighted by molar-refractivity contribution is 0.241. The van der Waals surface area contributed by atoms with Gasteiger partial charge in [-0.2, -0.15) is 0 Å². The number of hydrogen-bond acceptors (Lipinski definition) is 4. The van der Waals surface area contributed by atoms with Crippen LogP contribution in [0.15, 0.2) is 64.9 Å². The Labute approximate surface area is 146 Å². The van der Waals surface area contributed by atoms with E-state index in [0.717, 1.165) is 27.6 Å². The Kier molecular flexibility index (Phi) is 6.05. The van der Waals surface area contributed by atoms with Gasteiger partial charge < -0.3 is 4.90 Å². The molecule has 2 aromatic rings. The summed E-state index contributed by atoms with van der Waals surface area (Å²) >= 11 is 1.08. The Balaban J connectivity index is 2.02. The number of carbonyl (C=O) groups excluding carboxylic acids is 1. The second kappa shape index (κ2) is 8.03. The molecule has 5 nitrogen and oxygen atoms in total. The van der Waals surface area contributed by atoms with Gasteiger partial charge in [0.25, 0.3) is 15.3 Å². The fourth-order valence-corrected chi connectivity index (χ4v) is 3.24. The molecule has 0 saturated heterocycles. The molecule has 2 aromatic carbocycles. The summed E-state index contributed by atoms with van der Waals surface area (Å²) in [6.45, 7) is 0. The Bertz CT molecular complexity index is 815. The molecule has 0 bridgehead atoms. The van der Waals surface area contributed by atoms with E-state index in [0.29, 0.717) is 5.69 Å². The summed E-state index contributed by atoms with van der Waals surface area (Å²) < 4.78 is 26.6. The number of benzene rings is 2. The van der Waals surface area contributed by atoms with Gasteiger partial charge in [0.05, 0.1) is 5.41 Å². The van der Waals surface area contributed by atoms with Crippen LogP contribution in [-0.2, 0) is 10.0 Å². The Morgan fingerprint density at radius 1 is 1.04 bits per heavy atom. The van der Waals surface area contributed by atoms with Gasteiger partial charge in [-0.1, -0.05) is 30.3 Å². The van der Waals surface area contributed by atoms with Crippen molar-refractivity contribution < 1.29 is 13.2 Å². The van der Waals surface area contributed by atoms with Gasteiger partial charge in [-0.3, -0.25) is 9.52 Å². The number of carbonyl (C=O) groups is 1.